The molecule has 0 bridgehead atoms. The van der Waals surface area contributed by atoms with Gasteiger partial charge in [-0.25, -0.2) is 4.79 Å². The van der Waals surface area contributed by atoms with Crippen LogP contribution in [0.1, 0.15) is 16.2 Å². The van der Waals surface area contributed by atoms with Gasteiger partial charge in [-0.15, -0.1) is 0 Å². The number of carbonyl (C=O) groups is 1. The minimum Gasteiger partial charge on any atom is -0.477 e. The van der Waals surface area contributed by atoms with Gasteiger partial charge < -0.3 is 5.11 Å². The highest BCUT2D eigenvalue weighted by molar-refractivity contribution is 5.87. The SMILES string of the molecule is Cn1nc(-c2cc(C(F)(F)F)[nH]n2)cc1C(=O)O. The first-order chi connectivity index (χ1) is 8.29. The summed E-state index contributed by atoms with van der Waals surface area (Å²) in [6.45, 7) is 0. The van der Waals surface area contributed by atoms with E-state index < -0.39 is 17.8 Å². The summed E-state index contributed by atoms with van der Waals surface area (Å²) in [6.07, 6.45) is -4.53. The second-order valence-corrected chi connectivity index (χ2v) is 3.51. The van der Waals surface area contributed by atoms with Gasteiger partial charge in [0.25, 0.3) is 0 Å². The molecule has 96 valence electrons. The number of aromatic nitrogens is 4. The van der Waals surface area contributed by atoms with E-state index in [1.165, 1.54) is 7.05 Å². The van der Waals surface area contributed by atoms with E-state index in [0.717, 1.165) is 16.8 Å². The van der Waals surface area contributed by atoms with Crippen molar-refractivity contribution in [1.29, 1.82) is 0 Å². The quantitative estimate of drug-likeness (QED) is 0.857. The summed E-state index contributed by atoms with van der Waals surface area (Å²) in [6, 6.07) is 1.92. The lowest BCUT2D eigenvalue weighted by molar-refractivity contribution is -0.141. The fourth-order valence-electron chi connectivity index (χ4n) is 1.39. The first kappa shape index (κ1) is 12.1. The molecule has 0 aliphatic rings. The number of aryl methyl sites for hydroxylation is 1. The number of carboxylic acid groups (broad SMARTS) is 1. The van der Waals surface area contributed by atoms with E-state index in [4.69, 9.17) is 5.11 Å². The molecule has 0 aliphatic heterocycles. The van der Waals surface area contributed by atoms with E-state index in [1.807, 2.05) is 5.10 Å². The van der Waals surface area contributed by atoms with Crippen molar-refractivity contribution >= 4 is 5.97 Å². The summed E-state index contributed by atoms with van der Waals surface area (Å²) in [7, 11) is 1.38. The number of halogens is 3. The number of carboxylic acids is 1. The Balaban J connectivity index is 2.41. The maximum atomic E-state index is 12.3. The molecule has 0 unspecified atom stereocenters. The van der Waals surface area contributed by atoms with Crippen molar-refractivity contribution in [3.05, 3.63) is 23.5 Å². The second-order valence-electron chi connectivity index (χ2n) is 3.51. The number of aromatic carboxylic acids is 1. The average Bonchev–Trinajstić information content (AvgIpc) is 2.81. The van der Waals surface area contributed by atoms with Crippen LogP contribution < -0.4 is 0 Å². The zero-order chi connectivity index (χ0) is 13.5. The van der Waals surface area contributed by atoms with E-state index in [9.17, 15) is 18.0 Å². The van der Waals surface area contributed by atoms with Gasteiger partial charge in [0.05, 0.1) is 0 Å². The molecule has 2 aromatic rings. The summed E-state index contributed by atoms with van der Waals surface area (Å²) in [5, 5.41) is 17.9. The van der Waals surface area contributed by atoms with Crippen molar-refractivity contribution in [1.82, 2.24) is 20.0 Å². The van der Waals surface area contributed by atoms with Crippen LogP contribution in [0.3, 0.4) is 0 Å². The third-order valence-electron chi connectivity index (χ3n) is 2.24. The highest BCUT2D eigenvalue weighted by atomic mass is 19.4. The number of H-pyrrole nitrogens is 1. The first-order valence-corrected chi connectivity index (χ1v) is 4.69. The van der Waals surface area contributed by atoms with Crippen LogP contribution in [-0.2, 0) is 13.2 Å². The van der Waals surface area contributed by atoms with Crippen molar-refractivity contribution in [2.45, 2.75) is 6.18 Å². The summed E-state index contributed by atoms with van der Waals surface area (Å²) in [4.78, 5) is 10.8. The van der Waals surface area contributed by atoms with Crippen molar-refractivity contribution in [2.24, 2.45) is 7.05 Å². The van der Waals surface area contributed by atoms with Crippen LogP contribution in [0.2, 0.25) is 0 Å². The van der Waals surface area contributed by atoms with E-state index in [0.29, 0.717) is 0 Å². The van der Waals surface area contributed by atoms with Gasteiger partial charge in [0.2, 0.25) is 0 Å². The number of nitrogens with one attached hydrogen (secondary N) is 1. The normalized spacial score (nSPS) is 11.8. The molecule has 2 rings (SSSR count). The molecule has 0 radical (unpaired) electrons. The molecule has 6 nitrogen and oxygen atoms in total. The van der Waals surface area contributed by atoms with Crippen molar-refractivity contribution in [3.8, 4) is 11.4 Å². The highest BCUT2D eigenvalue weighted by Crippen LogP contribution is 2.29. The molecule has 0 saturated carbocycles. The van der Waals surface area contributed by atoms with Gasteiger partial charge in [-0.2, -0.15) is 23.4 Å². The molecule has 0 aliphatic carbocycles. The average molecular weight is 260 g/mol. The van der Waals surface area contributed by atoms with E-state index in [2.05, 4.69) is 10.2 Å². The van der Waals surface area contributed by atoms with Crippen molar-refractivity contribution in [3.63, 3.8) is 0 Å². The van der Waals surface area contributed by atoms with Gasteiger partial charge in [0, 0.05) is 13.1 Å². The van der Waals surface area contributed by atoms with Crippen molar-refractivity contribution in [2.75, 3.05) is 0 Å². The van der Waals surface area contributed by atoms with Gasteiger partial charge in [-0.3, -0.25) is 9.78 Å². The smallest absolute Gasteiger partial charge is 0.432 e. The molecule has 0 spiro atoms. The van der Waals surface area contributed by atoms with Gasteiger partial charge in [-0.1, -0.05) is 0 Å². The molecular weight excluding hydrogens is 253 g/mol. The number of hydrogen-bond donors (Lipinski definition) is 2. The number of nitrogens with zero attached hydrogens (tertiary/aromatic N) is 3. The number of alkyl halides is 3. The first-order valence-electron chi connectivity index (χ1n) is 4.69. The van der Waals surface area contributed by atoms with Crippen LogP contribution in [0.5, 0.6) is 0 Å². The maximum Gasteiger partial charge on any atom is 0.432 e. The van der Waals surface area contributed by atoms with Crippen molar-refractivity contribution < 1.29 is 23.1 Å². The largest absolute Gasteiger partial charge is 0.477 e. The Morgan fingerprint density at radius 1 is 1.39 bits per heavy atom. The molecule has 18 heavy (non-hydrogen) atoms. The zero-order valence-electron chi connectivity index (χ0n) is 8.99. The Bertz CT molecular complexity index is 599. The lowest BCUT2D eigenvalue weighted by Crippen LogP contribution is -2.04. The lowest BCUT2D eigenvalue weighted by Gasteiger charge is -1.99. The zero-order valence-corrected chi connectivity index (χ0v) is 8.99. The molecule has 2 N–H and O–H groups in total. The van der Waals surface area contributed by atoms with Gasteiger partial charge in [0.15, 0.2) is 0 Å². The van der Waals surface area contributed by atoms with E-state index >= 15 is 0 Å². The van der Waals surface area contributed by atoms with Crippen LogP contribution in [0.25, 0.3) is 11.4 Å². The Kier molecular flexibility index (Phi) is 2.60. The number of hydrogen-bond acceptors (Lipinski definition) is 3. The van der Waals surface area contributed by atoms with Crippen LogP contribution in [-0.4, -0.2) is 31.1 Å². The molecule has 0 saturated heterocycles. The third kappa shape index (κ3) is 2.06. The van der Waals surface area contributed by atoms with Crippen LogP contribution >= 0.6 is 0 Å². The third-order valence-corrected chi connectivity index (χ3v) is 2.24. The minimum atomic E-state index is -4.53. The number of rotatable bonds is 2. The van der Waals surface area contributed by atoms with Gasteiger partial charge in [0.1, 0.15) is 22.8 Å². The highest BCUT2D eigenvalue weighted by Gasteiger charge is 2.33. The molecule has 0 aromatic carbocycles. The predicted molar refractivity (Wildman–Crippen MR) is 52.8 cm³/mol. The van der Waals surface area contributed by atoms with E-state index in [-0.39, 0.29) is 17.1 Å². The van der Waals surface area contributed by atoms with Crippen LogP contribution in [0, 0.1) is 0 Å². The standard InChI is InChI=1S/C9H7F3N4O2/c1-16-6(8(17)18)2-5(15-16)4-3-7(14-13-4)9(10,11)12/h2-3H,1H3,(H,13,14)(H,17,18). The molecule has 9 heteroatoms. The molecule has 0 atom stereocenters. The number of aromatic amines is 1. The summed E-state index contributed by atoms with van der Waals surface area (Å²) in [5.74, 6) is -1.22. The Morgan fingerprint density at radius 3 is 2.50 bits per heavy atom. The Morgan fingerprint density at radius 2 is 2.06 bits per heavy atom. The summed E-state index contributed by atoms with van der Waals surface area (Å²) < 4.78 is 38.1. The Hall–Kier alpha value is -2.32. The van der Waals surface area contributed by atoms with Gasteiger partial charge >= 0.3 is 12.1 Å². The fraction of sp³-hybridized carbons (Fsp3) is 0.222. The molecule has 0 amide bonds. The molecule has 0 fully saturated rings. The monoisotopic (exact) mass is 260 g/mol. The minimum absolute atomic E-state index is 0.0571. The summed E-state index contributed by atoms with van der Waals surface area (Å²) in [5.41, 5.74) is -1.16. The van der Waals surface area contributed by atoms with Gasteiger partial charge in [-0.05, 0) is 6.07 Å². The Labute approximate surface area is 98.0 Å². The summed E-state index contributed by atoms with van der Waals surface area (Å²) >= 11 is 0. The second kappa shape index (κ2) is 3.86. The predicted octanol–water partition coefficient (Wildman–Crippen LogP) is 1.53. The lowest BCUT2D eigenvalue weighted by atomic mass is 10.2. The van der Waals surface area contributed by atoms with Crippen LogP contribution in [0.15, 0.2) is 12.1 Å². The van der Waals surface area contributed by atoms with Crippen LogP contribution in [0.4, 0.5) is 13.2 Å². The topological polar surface area (TPSA) is 83.8 Å². The molecule has 2 aromatic heterocycles. The van der Waals surface area contributed by atoms with E-state index in [1.54, 1.807) is 0 Å². The fourth-order valence-corrected chi connectivity index (χ4v) is 1.39. The molecular formula is C9H7F3N4O2. The maximum absolute atomic E-state index is 12.3. The molecule has 2 heterocycles.